The number of carbonyl (C=O) groups excluding carboxylic acids is 1. The average Bonchev–Trinajstić information content (AvgIpc) is 3.06. The third-order valence-corrected chi connectivity index (χ3v) is 2.67. The molecule has 132 valence electrons. The molecule has 0 aliphatic heterocycles. The Morgan fingerprint density at radius 2 is 1.96 bits per heavy atom. The minimum atomic E-state index is -5.19. The molecule has 1 atom stereocenters. The second-order valence-corrected chi connectivity index (χ2v) is 4.40. The first-order valence-electron chi connectivity index (χ1n) is 5.99. The van der Waals surface area contributed by atoms with E-state index in [1.54, 1.807) is 0 Å². The van der Waals surface area contributed by atoms with E-state index >= 15 is 0 Å². The van der Waals surface area contributed by atoms with Gasteiger partial charge in [-0.15, -0.1) is 0 Å². The van der Waals surface area contributed by atoms with Crippen LogP contribution in [0.5, 0.6) is 5.75 Å². The summed E-state index contributed by atoms with van der Waals surface area (Å²) in [4.78, 5) is 11.6. The number of rotatable bonds is 4. The quantitative estimate of drug-likeness (QED) is 0.664. The summed E-state index contributed by atoms with van der Waals surface area (Å²) in [7, 11) is 0. The molecule has 13 heteroatoms. The lowest BCUT2D eigenvalue weighted by atomic mass is 10.3. The highest BCUT2D eigenvalue weighted by Crippen LogP contribution is 2.37. The first kappa shape index (κ1) is 17.8. The molecule has 0 aliphatic rings. The van der Waals surface area contributed by atoms with Crippen LogP contribution in [0.3, 0.4) is 0 Å². The van der Waals surface area contributed by atoms with Crippen molar-refractivity contribution in [2.24, 2.45) is 0 Å². The largest absolute Gasteiger partial charge is 0.436 e. The Balaban J connectivity index is 2.31. The van der Waals surface area contributed by atoms with Gasteiger partial charge in [0.25, 0.3) is 0 Å². The summed E-state index contributed by atoms with van der Waals surface area (Å²) in [5, 5.41) is 15.1. The van der Waals surface area contributed by atoms with Crippen LogP contribution in [0.4, 0.5) is 26.3 Å². The fourth-order valence-electron chi connectivity index (χ4n) is 1.60. The molecule has 7 nitrogen and oxygen atoms in total. The lowest BCUT2D eigenvalue weighted by Gasteiger charge is -2.17. The van der Waals surface area contributed by atoms with Gasteiger partial charge in [0.1, 0.15) is 11.8 Å². The predicted octanol–water partition coefficient (Wildman–Crippen LogP) is 2.03. The monoisotopic (exact) mass is 359 g/mol. The van der Waals surface area contributed by atoms with Crippen LogP contribution < -0.4 is 4.74 Å². The van der Waals surface area contributed by atoms with Gasteiger partial charge in [-0.05, 0) is 0 Å². The van der Waals surface area contributed by atoms with Gasteiger partial charge < -0.3 is 14.4 Å². The van der Waals surface area contributed by atoms with Crippen molar-refractivity contribution < 1.29 is 45.5 Å². The lowest BCUT2D eigenvalue weighted by Crippen LogP contribution is -2.34. The Hall–Kier alpha value is -2.57. The summed E-state index contributed by atoms with van der Waals surface area (Å²) in [6.07, 6.45) is -11.3. The normalized spacial score (nSPS) is 13.8. The molecule has 0 aromatic carbocycles. The smallest absolute Gasteiger partial charge is 0.419 e. The summed E-state index contributed by atoms with van der Waals surface area (Å²) >= 11 is 0. The van der Waals surface area contributed by atoms with Gasteiger partial charge >= 0.3 is 18.3 Å². The van der Waals surface area contributed by atoms with Crippen molar-refractivity contribution in [2.75, 3.05) is 0 Å². The summed E-state index contributed by atoms with van der Waals surface area (Å²) in [5.41, 5.74) is -2.07. The van der Waals surface area contributed by atoms with Gasteiger partial charge in [0.15, 0.2) is 17.5 Å². The first-order valence-corrected chi connectivity index (χ1v) is 5.99. The first-order chi connectivity index (χ1) is 11.0. The minimum absolute atomic E-state index is 0.144. The van der Waals surface area contributed by atoms with E-state index in [-0.39, 0.29) is 10.2 Å². The van der Waals surface area contributed by atoms with E-state index in [1.807, 2.05) is 0 Å². The minimum Gasteiger partial charge on any atom is -0.419 e. The number of nitrogens with zero attached hydrogens (tertiary/aromatic N) is 3. The second kappa shape index (κ2) is 6.14. The highest BCUT2D eigenvalue weighted by molar-refractivity contribution is 5.90. The molecule has 0 saturated carbocycles. The van der Waals surface area contributed by atoms with Gasteiger partial charge in [-0.3, -0.25) is 4.68 Å². The molecule has 0 radical (unpaired) electrons. The topological polar surface area (TPSA) is 90.4 Å². The van der Waals surface area contributed by atoms with Gasteiger partial charge in [-0.1, -0.05) is 5.16 Å². The maximum Gasteiger partial charge on any atom is 0.436 e. The summed E-state index contributed by atoms with van der Waals surface area (Å²) in [5.74, 6) is -2.40. The fraction of sp³-hybridized carbons (Fsp3) is 0.364. The Labute approximate surface area is 128 Å². The van der Waals surface area contributed by atoms with Crippen LogP contribution in [0.2, 0.25) is 0 Å². The number of aliphatic hydroxyl groups is 1. The van der Waals surface area contributed by atoms with Crippen molar-refractivity contribution in [1.82, 2.24) is 14.9 Å². The predicted molar refractivity (Wildman–Crippen MR) is 60.8 cm³/mol. The molecule has 2 heterocycles. The number of aliphatic hydroxyl groups excluding tert-OH is 1. The van der Waals surface area contributed by atoms with E-state index in [2.05, 4.69) is 19.5 Å². The molecule has 24 heavy (non-hydrogen) atoms. The van der Waals surface area contributed by atoms with E-state index in [0.717, 1.165) is 12.5 Å². The number of carbonyl (C=O) groups is 1. The maximum absolute atomic E-state index is 13.0. The Bertz CT molecular complexity index is 706. The summed E-state index contributed by atoms with van der Waals surface area (Å²) < 4.78 is 84.6. The second-order valence-electron chi connectivity index (χ2n) is 4.40. The third-order valence-electron chi connectivity index (χ3n) is 2.67. The molecule has 0 amide bonds. The van der Waals surface area contributed by atoms with Gasteiger partial charge in [-0.2, -0.15) is 31.4 Å². The molecule has 0 saturated heterocycles. The SMILES string of the molecule is O=C(Oc1cnn(CC(O)C(F)(F)F)c1C(F)(F)F)c1cnoc1. The molecule has 2 rings (SSSR count). The van der Waals surface area contributed by atoms with E-state index in [0.29, 0.717) is 6.20 Å². The van der Waals surface area contributed by atoms with Gasteiger partial charge in [-0.25, -0.2) is 4.79 Å². The summed E-state index contributed by atoms with van der Waals surface area (Å²) in [6.45, 7) is -1.52. The highest BCUT2D eigenvalue weighted by atomic mass is 19.4. The molecule has 2 aromatic heterocycles. The molecular weight excluding hydrogens is 352 g/mol. The Kier molecular flexibility index (Phi) is 4.55. The van der Waals surface area contributed by atoms with E-state index in [1.165, 1.54) is 0 Å². The van der Waals surface area contributed by atoms with E-state index in [4.69, 9.17) is 5.11 Å². The van der Waals surface area contributed by atoms with Crippen molar-refractivity contribution in [3.63, 3.8) is 0 Å². The Morgan fingerprint density at radius 3 is 2.46 bits per heavy atom. The van der Waals surface area contributed by atoms with Crippen LogP contribution in [-0.2, 0) is 12.7 Å². The average molecular weight is 359 g/mol. The maximum atomic E-state index is 13.0. The zero-order chi connectivity index (χ0) is 18.1. The fourth-order valence-corrected chi connectivity index (χ4v) is 1.60. The zero-order valence-electron chi connectivity index (χ0n) is 11.3. The van der Waals surface area contributed by atoms with Crippen LogP contribution in [-0.4, -0.2) is 38.3 Å². The van der Waals surface area contributed by atoms with Crippen LogP contribution in [0.15, 0.2) is 23.2 Å². The van der Waals surface area contributed by atoms with Crippen LogP contribution in [0.1, 0.15) is 16.1 Å². The molecular formula is C11H7F6N3O4. The molecule has 0 bridgehead atoms. The molecule has 0 spiro atoms. The molecule has 0 aliphatic carbocycles. The van der Waals surface area contributed by atoms with Crippen molar-refractivity contribution >= 4 is 5.97 Å². The van der Waals surface area contributed by atoms with Crippen molar-refractivity contribution in [1.29, 1.82) is 0 Å². The third kappa shape index (κ3) is 3.84. The zero-order valence-corrected chi connectivity index (χ0v) is 11.3. The van der Waals surface area contributed by atoms with E-state index < -0.39 is 42.4 Å². The number of halogens is 6. The lowest BCUT2D eigenvalue weighted by molar-refractivity contribution is -0.209. The molecule has 0 fully saturated rings. The summed E-state index contributed by atoms with van der Waals surface area (Å²) in [6, 6.07) is 0. The van der Waals surface area contributed by atoms with Crippen LogP contribution in [0, 0.1) is 0 Å². The van der Waals surface area contributed by atoms with Crippen molar-refractivity contribution in [2.45, 2.75) is 25.0 Å². The van der Waals surface area contributed by atoms with Crippen molar-refractivity contribution in [3.05, 3.63) is 29.9 Å². The number of hydrogen-bond acceptors (Lipinski definition) is 6. The van der Waals surface area contributed by atoms with E-state index in [9.17, 15) is 31.1 Å². The number of ether oxygens (including phenoxy) is 1. The molecule has 1 unspecified atom stereocenters. The molecule has 1 N–H and O–H groups in total. The Morgan fingerprint density at radius 1 is 1.29 bits per heavy atom. The number of aromatic nitrogens is 3. The van der Waals surface area contributed by atoms with Crippen LogP contribution in [0.25, 0.3) is 0 Å². The highest BCUT2D eigenvalue weighted by Gasteiger charge is 2.44. The number of esters is 1. The standard InChI is InChI=1S/C11H7F6N3O4/c12-10(13,14)7(21)3-20-8(11(15,16)17)6(2-18-20)24-9(22)5-1-19-23-4-5/h1-2,4,7,21H,3H2. The van der Waals surface area contributed by atoms with Gasteiger partial charge in [0, 0.05) is 0 Å². The number of hydrogen-bond donors (Lipinski definition) is 1. The molecule has 2 aromatic rings. The number of alkyl halides is 6. The van der Waals surface area contributed by atoms with Crippen LogP contribution >= 0.6 is 0 Å². The van der Waals surface area contributed by atoms with Gasteiger partial charge in [0.05, 0.1) is 18.9 Å². The van der Waals surface area contributed by atoms with Gasteiger partial charge in [0.2, 0.25) is 0 Å². The van der Waals surface area contributed by atoms with Crippen molar-refractivity contribution in [3.8, 4) is 5.75 Å².